The summed E-state index contributed by atoms with van der Waals surface area (Å²) in [6.45, 7) is 7.10. The maximum absolute atomic E-state index is 4.44. The average molecular weight is 250 g/mol. The number of rotatable bonds is 5. The number of hydrogen-bond donors (Lipinski definition) is 2. The van der Waals surface area contributed by atoms with Gasteiger partial charge in [-0.1, -0.05) is 6.92 Å². The average Bonchev–Trinajstić information content (AvgIpc) is 2.94. The molecule has 2 aromatic heterocycles. The van der Waals surface area contributed by atoms with E-state index in [1.54, 1.807) is 17.7 Å². The van der Waals surface area contributed by atoms with Crippen molar-refractivity contribution in [1.82, 2.24) is 20.3 Å². The minimum absolute atomic E-state index is 0.274. The van der Waals surface area contributed by atoms with Gasteiger partial charge in [0.25, 0.3) is 0 Å². The Balaban J connectivity index is 1.93. The molecular formula is C12H18N4S. The van der Waals surface area contributed by atoms with Crippen molar-refractivity contribution in [2.24, 2.45) is 0 Å². The SMILES string of the molecule is CCc1cnc(C(C)NCc2nc[nH]c2C)s1. The zero-order chi connectivity index (χ0) is 12.3. The van der Waals surface area contributed by atoms with Gasteiger partial charge in [0.2, 0.25) is 0 Å². The van der Waals surface area contributed by atoms with E-state index >= 15 is 0 Å². The summed E-state index contributed by atoms with van der Waals surface area (Å²) in [5, 5.41) is 4.59. The first kappa shape index (κ1) is 12.3. The lowest BCUT2D eigenvalue weighted by molar-refractivity contribution is 0.565. The Kier molecular flexibility index (Phi) is 3.91. The van der Waals surface area contributed by atoms with Gasteiger partial charge in [-0.2, -0.15) is 0 Å². The normalized spacial score (nSPS) is 12.9. The van der Waals surface area contributed by atoms with Crippen molar-refractivity contribution in [3.63, 3.8) is 0 Å². The summed E-state index contributed by atoms with van der Waals surface area (Å²) in [7, 11) is 0. The first-order chi connectivity index (χ1) is 8.20. The minimum Gasteiger partial charge on any atom is -0.348 e. The number of aryl methyl sites for hydroxylation is 2. The molecule has 0 aromatic carbocycles. The smallest absolute Gasteiger partial charge is 0.109 e. The van der Waals surface area contributed by atoms with E-state index in [0.29, 0.717) is 0 Å². The van der Waals surface area contributed by atoms with Gasteiger partial charge in [0.05, 0.1) is 18.1 Å². The molecule has 2 heterocycles. The Labute approximate surface area is 106 Å². The van der Waals surface area contributed by atoms with E-state index < -0.39 is 0 Å². The van der Waals surface area contributed by atoms with Crippen LogP contribution in [0.5, 0.6) is 0 Å². The van der Waals surface area contributed by atoms with Crippen molar-refractivity contribution >= 4 is 11.3 Å². The number of nitrogens with zero attached hydrogens (tertiary/aromatic N) is 2. The Morgan fingerprint density at radius 1 is 1.47 bits per heavy atom. The van der Waals surface area contributed by atoms with Crippen LogP contribution in [-0.2, 0) is 13.0 Å². The second-order valence-corrected chi connectivity index (χ2v) is 5.24. The number of thiazole rings is 1. The highest BCUT2D eigenvalue weighted by molar-refractivity contribution is 7.11. The molecule has 0 bridgehead atoms. The molecule has 0 saturated carbocycles. The molecule has 2 rings (SSSR count). The van der Waals surface area contributed by atoms with E-state index in [2.05, 4.69) is 34.1 Å². The monoisotopic (exact) mass is 250 g/mol. The molecule has 0 fully saturated rings. The molecule has 1 unspecified atom stereocenters. The molecule has 0 amide bonds. The summed E-state index contributed by atoms with van der Waals surface area (Å²) >= 11 is 1.78. The fourth-order valence-corrected chi connectivity index (χ4v) is 2.47. The highest BCUT2D eigenvalue weighted by atomic mass is 32.1. The maximum Gasteiger partial charge on any atom is 0.109 e. The molecule has 0 saturated heterocycles. The van der Waals surface area contributed by atoms with Crippen molar-refractivity contribution in [2.45, 2.75) is 39.8 Å². The molecule has 0 spiro atoms. The summed E-state index contributed by atoms with van der Waals surface area (Å²) in [4.78, 5) is 13.1. The van der Waals surface area contributed by atoms with Crippen molar-refractivity contribution < 1.29 is 0 Å². The minimum atomic E-state index is 0.274. The van der Waals surface area contributed by atoms with Gasteiger partial charge in [0.1, 0.15) is 5.01 Å². The number of aromatic nitrogens is 3. The maximum atomic E-state index is 4.44. The molecule has 1 atom stereocenters. The van der Waals surface area contributed by atoms with Crippen LogP contribution in [-0.4, -0.2) is 15.0 Å². The van der Waals surface area contributed by atoms with Crippen LogP contribution in [0.1, 0.15) is 41.2 Å². The lowest BCUT2D eigenvalue weighted by Crippen LogP contribution is -2.18. The molecule has 92 valence electrons. The van der Waals surface area contributed by atoms with Crippen LogP contribution in [0, 0.1) is 6.92 Å². The highest BCUT2D eigenvalue weighted by Gasteiger charge is 2.10. The third kappa shape index (κ3) is 2.92. The summed E-state index contributed by atoms with van der Waals surface area (Å²) < 4.78 is 0. The predicted octanol–water partition coefficient (Wildman–Crippen LogP) is 2.59. The lowest BCUT2D eigenvalue weighted by Gasteiger charge is -2.09. The van der Waals surface area contributed by atoms with Gasteiger partial charge in [0, 0.05) is 23.3 Å². The highest BCUT2D eigenvalue weighted by Crippen LogP contribution is 2.20. The van der Waals surface area contributed by atoms with Crippen LogP contribution in [0.3, 0.4) is 0 Å². The Morgan fingerprint density at radius 3 is 2.88 bits per heavy atom. The van der Waals surface area contributed by atoms with E-state index in [9.17, 15) is 0 Å². The van der Waals surface area contributed by atoms with E-state index in [-0.39, 0.29) is 6.04 Å². The van der Waals surface area contributed by atoms with Gasteiger partial charge in [-0.3, -0.25) is 0 Å². The second-order valence-electron chi connectivity index (χ2n) is 4.10. The Morgan fingerprint density at radius 2 is 2.29 bits per heavy atom. The van der Waals surface area contributed by atoms with Crippen LogP contribution >= 0.6 is 11.3 Å². The van der Waals surface area contributed by atoms with Gasteiger partial charge in [0.15, 0.2) is 0 Å². The molecule has 17 heavy (non-hydrogen) atoms. The molecule has 4 nitrogen and oxygen atoms in total. The number of H-pyrrole nitrogens is 1. The molecule has 2 N–H and O–H groups in total. The molecule has 2 aromatic rings. The van der Waals surface area contributed by atoms with Crippen molar-refractivity contribution in [2.75, 3.05) is 0 Å². The topological polar surface area (TPSA) is 53.6 Å². The third-order valence-corrected chi connectivity index (χ3v) is 4.12. The van der Waals surface area contributed by atoms with Crippen molar-refractivity contribution in [3.8, 4) is 0 Å². The van der Waals surface area contributed by atoms with E-state index in [0.717, 1.165) is 29.4 Å². The Hall–Kier alpha value is -1.20. The fourth-order valence-electron chi connectivity index (χ4n) is 1.59. The van der Waals surface area contributed by atoms with Crippen LogP contribution in [0.4, 0.5) is 0 Å². The van der Waals surface area contributed by atoms with Gasteiger partial charge in [-0.05, 0) is 20.3 Å². The number of hydrogen-bond acceptors (Lipinski definition) is 4. The number of imidazole rings is 1. The summed E-state index contributed by atoms with van der Waals surface area (Å²) in [5.41, 5.74) is 2.20. The van der Waals surface area contributed by atoms with Gasteiger partial charge >= 0.3 is 0 Å². The van der Waals surface area contributed by atoms with Gasteiger partial charge < -0.3 is 10.3 Å². The lowest BCUT2D eigenvalue weighted by atomic mass is 10.3. The van der Waals surface area contributed by atoms with Crippen LogP contribution in [0.15, 0.2) is 12.5 Å². The number of nitrogens with one attached hydrogen (secondary N) is 2. The van der Waals surface area contributed by atoms with Crippen molar-refractivity contribution in [1.29, 1.82) is 0 Å². The summed E-state index contributed by atoms with van der Waals surface area (Å²) in [6.07, 6.45) is 4.76. The molecule has 0 aliphatic rings. The van der Waals surface area contributed by atoms with E-state index in [1.807, 2.05) is 13.1 Å². The van der Waals surface area contributed by atoms with Crippen molar-refractivity contribution in [3.05, 3.63) is 33.8 Å². The molecule has 5 heteroatoms. The summed E-state index contributed by atoms with van der Waals surface area (Å²) in [6, 6.07) is 0.274. The van der Waals surface area contributed by atoms with Gasteiger partial charge in [-0.15, -0.1) is 11.3 Å². The first-order valence-corrected chi connectivity index (χ1v) is 6.69. The van der Waals surface area contributed by atoms with E-state index in [4.69, 9.17) is 0 Å². The standard InChI is InChI=1S/C12H18N4S/c1-4-10-5-14-12(17-10)9(3)13-6-11-8(2)15-7-16-11/h5,7,9,13H,4,6H2,1-3H3,(H,15,16). The fraction of sp³-hybridized carbons (Fsp3) is 0.500. The first-order valence-electron chi connectivity index (χ1n) is 5.87. The van der Waals surface area contributed by atoms with Crippen LogP contribution in [0.2, 0.25) is 0 Å². The number of aromatic amines is 1. The van der Waals surface area contributed by atoms with Crippen LogP contribution < -0.4 is 5.32 Å². The van der Waals surface area contributed by atoms with Crippen LogP contribution in [0.25, 0.3) is 0 Å². The van der Waals surface area contributed by atoms with E-state index in [1.165, 1.54) is 4.88 Å². The zero-order valence-corrected chi connectivity index (χ0v) is 11.3. The summed E-state index contributed by atoms with van der Waals surface area (Å²) in [5.74, 6) is 0. The molecule has 0 aliphatic heterocycles. The molecule has 0 aliphatic carbocycles. The zero-order valence-electron chi connectivity index (χ0n) is 10.4. The second kappa shape index (κ2) is 5.42. The molecule has 0 radical (unpaired) electrons. The van der Waals surface area contributed by atoms with Gasteiger partial charge in [-0.25, -0.2) is 9.97 Å². The third-order valence-electron chi connectivity index (χ3n) is 2.80. The largest absolute Gasteiger partial charge is 0.348 e. The molecular weight excluding hydrogens is 232 g/mol. The Bertz CT molecular complexity index is 474. The predicted molar refractivity (Wildman–Crippen MR) is 70.1 cm³/mol. The quantitative estimate of drug-likeness (QED) is 0.857.